The van der Waals surface area contributed by atoms with Gasteiger partial charge >= 0.3 is 0 Å². The fourth-order valence-corrected chi connectivity index (χ4v) is 6.90. The van der Waals surface area contributed by atoms with Crippen LogP contribution in [0.3, 0.4) is 0 Å². The summed E-state index contributed by atoms with van der Waals surface area (Å²) in [6, 6.07) is 13.9. The second-order valence-corrected chi connectivity index (χ2v) is 10.6. The average Bonchev–Trinajstić information content (AvgIpc) is 3.58. The Kier molecular flexibility index (Phi) is 4.23. The van der Waals surface area contributed by atoms with Crippen LogP contribution in [0.4, 0.5) is 0 Å². The van der Waals surface area contributed by atoms with Crippen LogP contribution < -0.4 is 0 Å². The van der Waals surface area contributed by atoms with Gasteiger partial charge in [0.1, 0.15) is 11.0 Å². The highest BCUT2D eigenvalue weighted by molar-refractivity contribution is 7.16. The van der Waals surface area contributed by atoms with Crippen molar-refractivity contribution in [3.63, 3.8) is 0 Å². The number of carbonyl (C=O) groups is 2. The van der Waals surface area contributed by atoms with Gasteiger partial charge in [-0.3, -0.25) is 9.59 Å². The zero-order valence-electron chi connectivity index (χ0n) is 17.4. The lowest BCUT2D eigenvalue weighted by Crippen LogP contribution is -2.24. The second kappa shape index (κ2) is 6.93. The third-order valence-corrected chi connectivity index (χ3v) is 8.47. The lowest BCUT2D eigenvalue weighted by atomic mass is 10.1. The Morgan fingerprint density at radius 3 is 2.03 bits per heavy atom. The predicted octanol–water partition coefficient (Wildman–Crippen LogP) is 4.86. The summed E-state index contributed by atoms with van der Waals surface area (Å²) < 4.78 is 8.77. The minimum absolute atomic E-state index is 0.144. The number of rotatable bonds is 3. The van der Waals surface area contributed by atoms with Crippen LogP contribution >= 0.6 is 34.4 Å². The van der Waals surface area contributed by atoms with E-state index in [0.717, 1.165) is 36.1 Å². The maximum atomic E-state index is 13.3. The van der Waals surface area contributed by atoms with Crippen molar-refractivity contribution in [3.8, 4) is 10.4 Å². The molecule has 2 aliphatic heterocycles. The van der Waals surface area contributed by atoms with Gasteiger partial charge in [-0.1, -0.05) is 12.1 Å². The summed E-state index contributed by atoms with van der Waals surface area (Å²) in [7, 11) is 3.48. The van der Waals surface area contributed by atoms with Crippen LogP contribution in [0.15, 0.2) is 53.6 Å². The Morgan fingerprint density at radius 2 is 1.38 bits per heavy atom. The molecule has 9 heteroatoms. The number of hydrogen-bond acceptors (Lipinski definition) is 7. The van der Waals surface area contributed by atoms with Crippen molar-refractivity contribution < 1.29 is 9.59 Å². The number of benzene rings is 1. The molecule has 32 heavy (non-hydrogen) atoms. The van der Waals surface area contributed by atoms with Gasteiger partial charge in [-0.25, -0.2) is 0 Å². The van der Waals surface area contributed by atoms with Crippen molar-refractivity contribution in [2.24, 2.45) is 0 Å². The molecule has 3 aromatic heterocycles. The Morgan fingerprint density at radius 1 is 0.750 bits per heavy atom. The molecule has 2 amide bonds. The molecule has 6 rings (SSSR count). The topological polar surface area (TPSA) is 66.4 Å². The highest BCUT2D eigenvalue weighted by atomic mass is 32.1. The molecule has 0 fully saturated rings. The molecule has 0 bridgehead atoms. The monoisotopic (exact) mass is 476 g/mol. The van der Waals surface area contributed by atoms with Crippen LogP contribution in [0, 0.1) is 6.92 Å². The summed E-state index contributed by atoms with van der Waals surface area (Å²) in [5.41, 5.74) is 5.10. The first-order chi connectivity index (χ1) is 15.5. The Balaban J connectivity index is 1.53. The summed E-state index contributed by atoms with van der Waals surface area (Å²) >= 11 is 4.34. The van der Waals surface area contributed by atoms with E-state index < -0.39 is 0 Å². The minimum atomic E-state index is -0.144. The summed E-state index contributed by atoms with van der Waals surface area (Å²) in [6.45, 7) is 2.02. The van der Waals surface area contributed by atoms with Gasteiger partial charge in [0.2, 0.25) is 0 Å². The van der Waals surface area contributed by atoms with Crippen molar-refractivity contribution in [1.82, 2.24) is 18.5 Å². The van der Waals surface area contributed by atoms with Gasteiger partial charge in [0.25, 0.3) is 11.8 Å². The van der Waals surface area contributed by atoms with Gasteiger partial charge in [0, 0.05) is 29.4 Å². The molecule has 0 N–H and O–H groups in total. The number of likely N-dealkylation sites (N-methyl/N-ethyl adjacent to an activating group) is 2. The summed E-state index contributed by atoms with van der Waals surface area (Å²) in [5.74, 6) is -0.288. The molecule has 158 valence electrons. The van der Waals surface area contributed by atoms with Crippen LogP contribution in [-0.2, 0) is 9.59 Å². The number of hydrogen-bond donors (Lipinski definition) is 0. The third kappa shape index (κ3) is 2.62. The SMILES string of the molecule is Cc1ccc(C2=C3C(=O)N(C)C(c4ccc(-c5cccc6nsnc56)s4)=C3C(=O)N2C)s1. The van der Waals surface area contributed by atoms with E-state index >= 15 is 0 Å². The lowest BCUT2D eigenvalue weighted by molar-refractivity contribution is -0.123. The van der Waals surface area contributed by atoms with Crippen molar-refractivity contribution in [1.29, 1.82) is 0 Å². The molecule has 0 radical (unpaired) electrons. The number of amides is 2. The molecule has 0 saturated heterocycles. The largest absolute Gasteiger partial charge is 0.309 e. The maximum Gasteiger partial charge on any atom is 0.261 e. The van der Waals surface area contributed by atoms with E-state index in [0.29, 0.717) is 22.5 Å². The predicted molar refractivity (Wildman–Crippen MR) is 129 cm³/mol. The van der Waals surface area contributed by atoms with Crippen LogP contribution in [-0.4, -0.2) is 44.5 Å². The highest BCUT2D eigenvalue weighted by Crippen LogP contribution is 2.48. The number of aryl methyl sites for hydroxylation is 1. The standard InChI is InChI=1S/C23H16N4O2S3/c1-11-7-8-15(30-11)20-17-18(23(29)26(20)2)21(27(3)22(17)28)16-10-9-14(31-16)12-5-4-6-13-19(12)25-32-24-13/h4-10H,1-3H3. The molecule has 0 saturated carbocycles. The zero-order chi connectivity index (χ0) is 22.1. The number of thiophene rings is 2. The molecule has 0 aliphatic carbocycles. The highest BCUT2D eigenvalue weighted by Gasteiger charge is 2.47. The summed E-state index contributed by atoms with van der Waals surface area (Å²) in [4.78, 5) is 33.8. The van der Waals surface area contributed by atoms with E-state index in [4.69, 9.17) is 0 Å². The molecular formula is C23H16N4O2S3. The van der Waals surface area contributed by atoms with Crippen LogP contribution in [0.5, 0.6) is 0 Å². The normalized spacial score (nSPS) is 16.3. The first-order valence-corrected chi connectivity index (χ1v) is 12.3. The molecule has 6 nitrogen and oxygen atoms in total. The average molecular weight is 477 g/mol. The van der Waals surface area contributed by atoms with E-state index in [1.807, 2.05) is 49.4 Å². The van der Waals surface area contributed by atoms with Crippen molar-refractivity contribution in [2.75, 3.05) is 14.1 Å². The van der Waals surface area contributed by atoms with Gasteiger partial charge in [-0.05, 0) is 37.3 Å². The minimum Gasteiger partial charge on any atom is -0.309 e. The van der Waals surface area contributed by atoms with Crippen molar-refractivity contribution >= 4 is 68.6 Å². The zero-order valence-corrected chi connectivity index (χ0v) is 19.8. The maximum absolute atomic E-state index is 13.3. The third-order valence-electron chi connectivity index (χ3n) is 5.80. The van der Waals surface area contributed by atoms with Crippen molar-refractivity contribution in [3.05, 3.63) is 68.2 Å². The fourth-order valence-electron chi connectivity index (χ4n) is 4.28. The molecule has 0 atom stereocenters. The van der Waals surface area contributed by atoms with Crippen LogP contribution in [0.1, 0.15) is 14.6 Å². The van der Waals surface area contributed by atoms with Crippen LogP contribution in [0.25, 0.3) is 32.9 Å². The van der Waals surface area contributed by atoms with Crippen molar-refractivity contribution in [2.45, 2.75) is 6.92 Å². The molecule has 0 spiro atoms. The Labute approximate surface area is 196 Å². The van der Waals surface area contributed by atoms with E-state index in [-0.39, 0.29) is 11.8 Å². The first-order valence-electron chi connectivity index (χ1n) is 9.89. The molecule has 2 aliphatic rings. The molecule has 4 aromatic rings. The van der Waals surface area contributed by atoms with Gasteiger partial charge in [-0.2, -0.15) is 8.75 Å². The van der Waals surface area contributed by atoms with E-state index in [2.05, 4.69) is 8.75 Å². The van der Waals surface area contributed by atoms with E-state index in [1.165, 1.54) is 11.7 Å². The van der Waals surface area contributed by atoms with Gasteiger partial charge in [-0.15, -0.1) is 22.7 Å². The molecule has 5 heterocycles. The first kappa shape index (κ1) is 19.5. The number of aromatic nitrogens is 2. The Bertz CT molecular complexity index is 1520. The van der Waals surface area contributed by atoms with E-state index in [9.17, 15) is 9.59 Å². The summed E-state index contributed by atoms with van der Waals surface area (Å²) in [6.07, 6.45) is 0. The Hall–Kier alpha value is -3.14. The molecule has 1 aromatic carbocycles. The van der Waals surface area contributed by atoms with Gasteiger partial charge in [0.15, 0.2) is 0 Å². The number of fused-ring (bicyclic) bond motifs is 2. The summed E-state index contributed by atoms with van der Waals surface area (Å²) in [5, 5.41) is 0. The fraction of sp³-hybridized carbons (Fsp3) is 0.130. The quantitative estimate of drug-likeness (QED) is 0.424. The number of carbonyl (C=O) groups excluding carboxylic acids is 2. The van der Waals surface area contributed by atoms with Crippen LogP contribution in [0.2, 0.25) is 0 Å². The lowest BCUT2D eigenvalue weighted by Gasteiger charge is -2.18. The smallest absolute Gasteiger partial charge is 0.261 e. The van der Waals surface area contributed by atoms with E-state index in [1.54, 1.807) is 46.6 Å². The van der Waals surface area contributed by atoms with Gasteiger partial charge in [0.05, 0.1) is 44.0 Å². The molecule has 0 unspecified atom stereocenters. The molecular weight excluding hydrogens is 460 g/mol. The number of nitrogens with zero attached hydrogens (tertiary/aromatic N) is 4. The van der Waals surface area contributed by atoms with Gasteiger partial charge < -0.3 is 9.80 Å². The second-order valence-electron chi connectivity index (χ2n) is 7.69.